The zero-order valence-corrected chi connectivity index (χ0v) is 33.3. The molecule has 3 aromatic carbocycles. The van der Waals surface area contributed by atoms with E-state index in [0.717, 1.165) is 70.9 Å². The monoisotopic (exact) mass is 732 g/mol. The van der Waals surface area contributed by atoms with Gasteiger partial charge in [0.05, 0.1) is 13.2 Å². The van der Waals surface area contributed by atoms with Gasteiger partial charge in [-0.2, -0.15) is 0 Å². The van der Waals surface area contributed by atoms with E-state index in [-0.39, 0.29) is 0 Å². The van der Waals surface area contributed by atoms with E-state index in [2.05, 4.69) is 62.4 Å². The summed E-state index contributed by atoms with van der Waals surface area (Å²) < 4.78 is 25.8. The molecule has 0 unspecified atom stereocenters. The van der Waals surface area contributed by atoms with Gasteiger partial charge >= 0.3 is 0 Å². The fourth-order valence-corrected chi connectivity index (χ4v) is 8.79. The Hall–Kier alpha value is -3.80. The molecule has 0 N–H and O–H groups in total. The molecule has 2 heterocycles. The molecule has 290 valence electrons. The highest BCUT2D eigenvalue weighted by molar-refractivity contribution is 5.81. The summed E-state index contributed by atoms with van der Waals surface area (Å²) in [5, 5.41) is 0. The van der Waals surface area contributed by atoms with E-state index in [1.165, 1.54) is 140 Å². The van der Waals surface area contributed by atoms with Gasteiger partial charge in [0.25, 0.3) is 0 Å². The van der Waals surface area contributed by atoms with Gasteiger partial charge in [-0.15, -0.1) is 0 Å². The maximum absolute atomic E-state index is 6.49. The van der Waals surface area contributed by atoms with Crippen LogP contribution in [-0.4, -0.2) is 23.2 Å². The number of hydrogen-bond donors (Lipinski definition) is 0. The fourth-order valence-electron chi connectivity index (χ4n) is 8.79. The molecule has 0 aliphatic heterocycles. The summed E-state index contributed by atoms with van der Waals surface area (Å²) in [6.45, 7) is 6.05. The lowest BCUT2D eigenvalue weighted by atomic mass is 9.83. The highest BCUT2D eigenvalue weighted by Gasteiger charge is 2.24. The molecule has 2 aromatic heterocycles. The molecule has 0 spiro atoms. The second-order valence-corrected chi connectivity index (χ2v) is 16.2. The molecule has 5 aromatic rings. The molecular weight excluding hydrogens is 669 g/mol. The predicted octanol–water partition coefficient (Wildman–Crippen LogP) is 14.9. The number of hydrogen-bond acceptors (Lipinski definition) is 6. The van der Waals surface area contributed by atoms with Crippen LogP contribution in [0, 0.1) is 0 Å². The van der Waals surface area contributed by atoms with E-state index in [4.69, 9.17) is 28.3 Å². The Morgan fingerprint density at radius 2 is 0.889 bits per heavy atom. The number of nitrogens with zero attached hydrogens (tertiary/aromatic N) is 2. The lowest BCUT2D eigenvalue weighted by Gasteiger charge is -2.24. The van der Waals surface area contributed by atoms with Gasteiger partial charge in [0.15, 0.2) is 11.2 Å². The van der Waals surface area contributed by atoms with Gasteiger partial charge < -0.3 is 18.3 Å². The number of rotatable bonds is 20. The summed E-state index contributed by atoms with van der Waals surface area (Å²) >= 11 is 0. The van der Waals surface area contributed by atoms with Crippen molar-refractivity contribution in [3.05, 3.63) is 59.7 Å². The zero-order chi connectivity index (χ0) is 37.0. The van der Waals surface area contributed by atoms with Crippen molar-refractivity contribution >= 4 is 22.2 Å². The van der Waals surface area contributed by atoms with Gasteiger partial charge in [0.1, 0.15) is 22.5 Å². The van der Waals surface area contributed by atoms with Crippen molar-refractivity contribution in [3.8, 4) is 34.4 Å². The van der Waals surface area contributed by atoms with Crippen molar-refractivity contribution in [2.24, 2.45) is 0 Å². The van der Waals surface area contributed by atoms with E-state index >= 15 is 0 Å². The molecule has 2 aliphatic carbocycles. The minimum absolute atomic E-state index is 0.528. The van der Waals surface area contributed by atoms with Gasteiger partial charge in [-0.3, -0.25) is 0 Å². The van der Waals surface area contributed by atoms with Gasteiger partial charge in [-0.05, 0) is 97.9 Å². The van der Waals surface area contributed by atoms with Crippen LogP contribution < -0.4 is 9.47 Å². The SMILES string of the molecule is CCCCCCCCOc1cc2oc(-c3ccc(-c4nc5cc(C6CCCCC6)c(OCCCCCCCC)cc5o4)cc3)nc2cc1C1CCCCC1. The second kappa shape index (κ2) is 19.7. The average Bonchev–Trinajstić information content (AvgIpc) is 3.84. The minimum Gasteiger partial charge on any atom is -0.493 e. The summed E-state index contributed by atoms with van der Waals surface area (Å²) in [6.07, 6.45) is 27.7. The van der Waals surface area contributed by atoms with Crippen molar-refractivity contribution < 1.29 is 18.3 Å². The third-order valence-corrected chi connectivity index (χ3v) is 12.0. The Morgan fingerprint density at radius 1 is 0.500 bits per heavy atom. The summed E-state index contributed by atoms with van der Waals surface area (Å²) in [5.74, 6) is 4.28. The van der Waals surface area contributed by atoms with Crippen LogP contribution in [-0.2, 0) is 0 Å². The van der Waals surface area contributed by atoms with E-state index in [9.17, 15) is 0 Å². The fraction of sp³-hybridized carbons (Fsp3) is 0.583. The van der Waals surface area contributed by atoms with Crippen molar-refractivity contribution in [2.45, 2.75) is 167 Å². The summed E-state index contributed by atoms with van der Waals surface area (Å²) in [6, 6.07) is 17.0. The Balaban J connectivity index is 1.07. The van der Waals surface area contributed by atoms with Crippen molar-refractivity contribution in [1.29, 1.82) is 0 Å². The van der Waals surface area contributed by atoms with Crippen LogP contribution in [0.4, 0.5) is 0 Å². The first-order valence-corrected chi connectivity index (χ1v) is 22.0. The Morgan fingerprint density at radius 3 is 1.30 bits per heavy atom. The molecule has 2 aliphatic rings. The molecule has 6 heteroatoms. The molecule has 54 heavy (non-hydrogen) atoms. The van der Waals surface area contributed by atoms with Crippen molar-refractivity contribution in [1.82, 2.24) is 9.97 Å². The molecule has 7 rings (SSSR count). The standard InChI is InChI=1S/C48H64N2O4/c1-3-5-7-9-11-19-29-51-43-33-45-41(31-39(43)35-21-15-13-16-22-35)49-47(53-45)37-25-27-38(28-26-37)48-50-42-32-40(36-23-17-14-18-24-36)44(34-46(42)54-48)52-30-20-12-10-8-6-4-2/h25-28,31-36H,3-24,29-30H2,1-2H3. The quantitative estimate of drug-likeness (QED) is 0.0742. The lowest BCUT2D eigenvalue weighted by Crippen LogP contribution is -2.08. The molecule has 0 radical (unpaired) electrons. The topological polar surface area (TPSA) is 70.5 Å². The van der Waals surface area contributed by atoms with Crippen LogP contribution in [0.25, 0.3) is 45.1 Å². The number of unbranched alkanes of at least 4 members (excludes halogenated alkanes) is 10. The first-order valence-electron chi connectivity index (χ1n) is 22.0. The van der Waals surface area contributed by atoms with Gasteiger partial charge in [0.2, 0.25) is 11.8 Å². The normalized spacial score (nSPS) is 15.7. The van der Waals surface area contributed by atoms with Crippen LogP contribution in [0.2, 0.25) is 0 Å². The van der Waals surface area contributed by atoms with E-state index < -0.39 is 0 Å². The smallest absolute Gasteiger partial charge is 0.227 e. The summed E-state index contributed by atoms with van der Waals surface area (Å²) in [4.78, 5) is 9.99. The Kier molecular flexibility index (Phi) is 14.0. The molecule has 0 amide bonds. The van der Waals surface area contributed by atoms with Crippen LogP contribution in [0.5, 0.6) is 11.5 Å². The number of ether oxygens (including phenoxy) is 2. The highest BCUT2D eigenvalue weighted by atomic mass is 16.5. The molecule has 6 nitrogen and oxygen atoms in total. The van der Waals surface area contributed by atoms with Gasteiger partial charge in [-0.1, -0.05) is 117 Å². The second-order valence-electron chi connectivity index (χ2n) is 16.2. The maximum Gasteiger partial charge on any atom is 0.227 e. The molecule has 0 bridgehead atoms. The van der Waals surface area contributed by atoms with E-state index in [1.54, 1.807) is 0 Å². The third-order valence-electron chi connectivity index (χ3n) is 12.0. The summed E-state index contributed by atoms with van der Waals surface area (Å²) in [5.41, 5.74) is 7.87. The van der Waals surface area contributed by atoms with Crippen LogP contribution in [0.1, 0.15) is 178 Å². The number of aromatic nitrogens is 2. The average molecular weight is 733 g/mol. The molecule has 2 fully saturated rings. The van der Waals surface area contributed by atoms with Crippen molar-refractivity contribution in [3.63, 3.8) is 0 Å². The number of oxazole rings is 2. The Labute approximate surface area is 323 Å². The highest BCUT2D eigenvalue weighted by Crippen LogP contribution is 2.42. The lowest BCUT2D eigenvalue weighted by molar-refractivity contribution is 0.296. The van der Waals surface area contributed by atoms with Crippen LogP contribution >= 0.6 is 0 Å². The van der Waals surface area contributed by atoms with Crippen LogP contribution in [0.15, 0.2) is 57.4 Å². The minimum atomic E-state index is 0.528. The third kappa shape index (κ3) is 9.89. The van der Waals surface area contributed by atoms with E-state index in [1.807, 2.05) is 0 Å². The predicted molar refractivity (Wildman–Crippen MR) is 222 cm³/mol. The van der Waals surface area contributed by atoms with E-state index in [0.29, 0.717) is 23.6 Å². The van der Waals surface area contributed by atoms with Crippen LogP contribution in [0.3, 0.4) is 0 Å². The largest absolute Gasteiger partial charge is 0.493 e. The molecular formula is C48H64N2O4. The molecule has 0 saturated heterocycles. The van der Waals surface area contributed by atoms with Gasteiger partial charge in [0, 0.05) is 23.3 Å². The van der Waals surface area contributed by atoms with Gasteiger partial charge in [-0.25, -0.2) is 9.97 Å². The first kappa shape index (κ1) is 38.5. The molecule has 2 saturated carbocycles. The Bertz CT molecular complexity index is 1740. The maximum atomic E-state index is 6.49. The first-order chi connectivity index (χ1) is 26.7. The number of fused-ring (bicyclic) bond motifs is 2. The zero-order valence-electron chi connectivity index (χ0n) is 33.3. The number of benzene rings is 3. The summed E-state index contributed by atoms with van der Waals surface area (Å²) in [7, 11) is 0. The van der Waals surface area contributed by atoms with Crippen molar-refractivity contribution in [2.75, 3.05) is 13.2 Å². The molecule has 0 atom stereocenters.